The van der Waals surface area contributed by atoms with Crippen molar-refractivity contribution in [3.8, 4) is 11.1 Å². The fraction of sp³-hybridized carbons (Fsp3) is 0.273. The number of hydrogen-bond acceptors (Lipinski definition) is 4. The largest absolute Gasteiger partial charge is 0.415 e. The van der Waals surface area contributed by atoms with Gasteiger partial charge in [0.2, 0.25) is 0 Å². The van der Waals surface area contributed by atoms with Crippen LogP contribution < -0.4 is 5.73 Å². The van der Waals surface area contributed by atoms with Crippen molar-refractivity contribution < 1.29 is 27.1 Å². The first-order valence-corrected chi connectivity index (χ1v) is 9.61. The average Bonchev–Trinajstić information content (AvgIpc) is 2.73. The van der Waals surface area contributed by atoms with Crippen LogP contribution in [0.3, 0.4) is 0 Å². The van der Waals surface area contributed by atoms with E-state index in [0.717, 1.165) is 10.9 Å². The number of halogens is 4. The second-order valence-electron chi connectivity index (χ2n) is 7.41. The SMILES string of the molecule is NC(=O)c1cc(-c2ccc(F)cc2)c2ccc(CN3CCOC(C(F)(F)F)C3)cc2n1. The molecule has 0 bridgehead atoms. The van der Waals surface area contributed by atoms with Crippen LogP contribution >= 0.6 is 0 Å². The topological polar surface area (TPSA) is 68.5 Å². The van der Waals surface area contributed by atoms with E-state index in [1.54, 1.807) is 41.3 Å². The molecule has 4 rings (SSSR count). The normalized spacial score (nSPS) is 17.7. The monoisotopic (exact) mass is 433 g/mol. The Morgan fingerprint density at radius 3 is 2.58 bits per heavy atom. The second kappa shape index (κ2) is 8.24. The summed E-state index contributed by atoms with van der Waals surface area (Å²) in [6.07, 6.45) is -6.23. The number of hydrogen-bond donors (Lipinski definition) is 1. The molecule has 1 atom stereocenters. The van der Waals surface area contributed by atoms with Gasteiger partial charge >= 0.3 is 6.18 Å². The Labute approximate surface area is 175 Å². The van der Waals surface area contributed by atoms with E-state index in [4.69, 9.17) is 10.5 Å². The predicted octanol–water partition coefficient (Wildman–Crippen LogP) is 3.90. The number of benzene rings is 2. The Morgan fingerprint density at radius 2 is 1.90 bits per heavy atom. The Kier molecular flexibility index (Phi) is 5.63. The van der Waals surface area contributed by atoms with E-state index in [2.05, 4.69) is 4.98 Å². The Morgan fingerprint density at radius 1 is 1.16 bits per heavy atom. The smallest absolute Gasteiger partial charge is 0.366 e. The molecule has 3 aromatic rings. The number of fused-ring (bicyclic) bond motifs is 1. The van der Waals surface area contributed by atoms with Crippen LogP contribution in [0, 0.1) is 5.82 Å². The summed E-state index contributed by atoms with van der Waals surface area (Å²) in [6, 6.07) is 12.7. The van der Waals surface area contributed by atoms with Crippen LogP contribution in [-0.4, -0.2) is 47.8 Å². The quantitative estimate of drug-likeness (QED) is 0.634. The third kappa shape index (κ3) is 4.67. The van der Waals surface area contributed by atoms with Gasteiger partial charge in [-0.1, -0.05) is 24.3 Å². The van der Waals surface area contributed by atoms with E-state index in [-0.39, 0.29) is 31.2 Å². The number of amides is 1. The fourth-order valence-corrected chi connectivity index (χ4v) is 3.67. The molecule has 0 aliphatic carbocycles. The van der Waals surface area contributed by atoms with Crippen molar-refractivity contribution in [2.75, 3.05) is 19.7 Å². The fourth-order valence-electron chi connectivity index (χ4n) is 3.67. The number of primary amides is 1. The van der Waals surface area contributed by atoms with Crippen molar-refractivity contribution in [2.24, 2.45) is 5.73 Å². The lowest BCUT2D eigenvalue weighted by Gasteiger charge is -2.33. The maximum Gasteiger partial charge on any atom is 0.415 e. The van der Waals surface area contributed by atoms with Crippen molar-refractivity contribution in [1.82, 2.24) is 9.88 Å². The first-order chi connectivity index (χ1) is 14.7. The van der Waals surface area contributed by atoms with Crippen LogP contribution in [0.4, 0.5) is 17.6 Å². The number of aromatic nitrogens is 1. The highest BCUT2D eigenvalue weighted by Crippen LogP contribution is 2.31. The molecule has 9 heteroatoms. The lowest BCUT2D eigenvalue weighted by molar-refractivity contribution is -0.237. The van der Waals surface area contributed by atoms with Gasteiger partial charge in [0.15, 0.2) is 6.10 Å². The van der Waals surface area contributed by atoms with E-state index in [9.17, 15) is 22.4 Å². The molecule has 1 aliphatic heterocycles. The number of nitrogens with zero attached hydrogens (tertiary/aromatic N) is 2. The molecule has 1 amide bonds. The number of alkyl halides is 3. The van der Waals surface area contributed by atoms with Crippen molar-refractivity contribution in [3.63, 3.8) is 0 Å². The minimum atomic E-state index is -4.41. The zero-order valence-electron chi connectivity index (χ0n) is 16.3. The minimum absolute atomic E-state index is 0.00343. The Balaban J connectivity index is 1.68. The molecule has 2 N–H and O–H groups in total. The summed E-state index contributed by atoms with van der Waals surface area (Å²) < 4.78 is 57.1. The zero-order valence-corrected chi connectivity index (χ0v) is 16.3. The third-order valence-electron chi connectivity index (χ3n) is 5.20. The van der Waals surface area contributed by atoms with Gasteiger partial charge in [-0.3, -0.25) is 9.69 Å². The summed E-state index contributed by atoms with van der Waals surface area (Å²) in [5.74, 6) is -1.10. The van der Waals surface area contributed by atoms with E-state index in [1.807, 2.05) is 0 Å². The van der Waals surface area contributed by atoms with Crippen molar-refractivity contribution in [1.29, 1.82) is 0 Å². The second-order valence-corrected chi connectivity index (χ2v) is 7.41. The summed E-state index contributed by atoms with van der Waals surface area (Å²) in [6.45, 7) is 0.397. The van der Waals surface area contributed by atoms with Gasteiger partial charge in [-0.15, -0.1) is 0 Å². The molecular formula is C22H19F4N3O2. The van der Waals surface area contributed by atoms with Crippen LogP contribution in [-0.2, 0) is 11.3 Å². The molecule has 31 heavy (non-hydrogen) atoms. The number of carbonyl (C=O) groups is 1. The van der Waals surface area contributed by atoms with Gasteiger partial charge in [-0.25, -0.2) is 9.37 Å². The van der Waals surface area contributed by atoms with Gasteiger partial charge in [0.05, 0.1) is 12.1 Å². The summed E-state index contributed by atoms with van der Waals surface area (Å²) >= 11 is 0. The molecule has 162 valence electrons. The number of nitrogens with two attached hydrogens (primary N) is 1. The molecule has 1 fully saturated rings. The number of rotatable bonds is 4. The van der Waals surface area contributed by atoms with Gasteiger partial charge in [-0.05, 0) is 41.0 Å². The van der Waals surface area contributed by atoms with Crippen molar-refractivity contribution in [2.45, 2.75) is 18.8 Å². The maximum absolute atomic E-state index is 13.3. The molecule has 5 nitrogen and oxygen atoms in total. The molecule has 0 saturated carbocycles. The molecule has 2 heterocycles. The maximum atomic E-state index is 13.3. The molecule has 1 unspecified atom stereocenters. The van der Waals surface area contributed by atoms with Crippen molar-refractivity contribution >= 4 is 16.8 Å². The lowest BCUT2D eigenvalue weighted by atomic mass is 9.98. The average molecular weight is 433 g/mol. The van der Waals surface area contributed by atoms with E-state index in [0.29, 0.717) is 23.2 Å². The van der Waals surface area contributed by atoms with E-state index in [1.165, 1.54) is 12.1 Å². The Hall–Kier alpha value is -3.04. The number of morpholine rings is 1. The molecule has 0 spiro atoms. The zero-order chi connectivity index (χ0) is 22.2. The summed E-state index contributed by atoms with van der Waals surface area (Å²) in [4.78, 5) is 17.8. The third-order valence-corrected chi connectivity index (χ3v) is 5.20. The van der Waals surface area contributed by atoms with Gasteiger partial charge in [0.1, 0.15) is 11.5 Å². The van der Waals surface area contributed by atoms with Crippen molar-refractivity contribution in [3.05, 3.63) is 65.6 Å². The van der Waals surface area contributed by atoms with Crippen LogP contribution in [0.25, 0.3) is 22.0 Å². The van der Waals surface area contributed by atoms with Gasteiger partial charge in [0.25, 0.3) is 5.91 Å². The van der Waals surface area contributed by atoms with Crippen LogP contribution in [0.1, 0.15) is 16.1 Å². The van der Waals surface area contributed by atoms with Gasteiger partial charge in [0, 0.05) is 25.0 Å². The summed E-state index contributed by atoms with van der Waals surface area (Å²) in [5.41, 5.74) is 8.05. The Bertz CT molecular complexity index is 1120. The lowest BCUT2D eigenvalue weighted by Crippen LogP contribution is -2.48. The highest BCUT2D eigenvalue weighted by Gasteiger charge is 2.43. The molecular weight excluding hydrogens is 414 g/mol. The molecule has 1 aromatic heterocycles. The van der Waals surface area contributed by atoms with E-state index < -0.39 is 18.2 Å². The number of ether oxygens (including phenoxy) is 1. The minimum Gasteiger partial charge on any atom is -0.366 e. The van der Waals surface area contributed by atoms with Crippen LogP contribution in [0.15, 0.2) is 48.5 Å². The summed E-state index contributed by atoms with van der Waals surface area (Å²) in [7, 11) is 0. The predicted molar refractivity (Wildman–Crippen MR) is 107 cm³/mol. The van der Waals surface area contributed by atoms with E-state index >= 15 is 0 Å². The van der Waals surface area contributed by atoms with Crippen LogP contribution in [0.2, 0.25) is 0 Å². The first-order valence-electron chi connectivity index (χ1n) is 9.61. The molecule has 0 radical (unpaired) electrons. The number of pyridine rings is 1. The van der Waals surface area contributed by atoms with Gasteiger partial charge in [-0.2, -0.15) is 13.2 Å². The number of carbonyl (C=O) groups excluding carboxylic acids is 1. The van der Waals surface area contributed by atoms with Gasteiger partial charge < -0.3 is 10.5 Å². The summed E-state index contributed by atoms with van der Waals surface area (Å²) in [5, 5.41) is 0.718. The van der Waals surface area contributed by atoms with Crippen LogP contribution in [0.5, 0.6) is 0 Å². The molecule has 1 aliphatic rings. The molecule has 1 saturated heterocycles. The standard InChI is InChI=1S/C22H19F4N3O2/c23-15-4-2-14(3-5-15)17-10-19(21(27)30)28-18-9-13(1-6-16(17)18)11-29-7-8-31-20(12-29)22(24,25)26/h1-6,9-10,20H,7-8,11-12H2,(H2,27,30). The molecule has 2 aromatic carbocycles. The highest BCUT2D eigenvalue weighted by molar-refractivity contribution is 6.00. The first kappa shape index (κ1) is 21.2. The highest BCUT2D eigenvalue weighted by atomic mass is 19.4.